The van der Waals surface area contributed by atoms with Crippen LogP contribution in [0, 0.1) is 0 Å². The fourth-order valence-corrected chi connectivity index (χ4v) is 3.34. The molecule has 0 saturated heterocycles. The minimum atomic E-state index is -3.41. The highest BCUT2D eigenvalue weighted by molar-refractivity contribution is 7.92. The van der Waals surface area contributed by atoms with E-state index in [4.69, 9.17) is 23.2 Å². The van der Waals surface area contributed by atoms with Gasteiger partial charge in [0.2, 0.25) is 10.0 Å². The molecule has 1 aromatic heterocycles. The Hall–Kier alpha value is -1.04. The Balaban J connectivity index is 2.39. The number of hydrogen-bond donors (Lipinski definition) is 1. The average Bonchev–Trinajstić information content (AvgIpc) is 2.40. The van der Waals surface area contributed by atoms with Gasteiger partial charge in [0.05, 0.1) is 22.0 Å². The zero-order valence-electron chi connectivity index (χ0n) is 9.94. The molecule has 0 radical (unpaired) electrons. The maximum absolute atomic E-state index is 11.9. The van der Waals surface area contributed by atoms with E-state index >= 15 is 0 Å². The van der Waals surface area contributed by atoms with Crippen LogP contribution in [0.1, 0.15) is 6.42 Å². The Morgan fingerprint density at radius 1 is 1.26 bits per heavy atom. The maximum Gasteiger partial charge on any atom is 0.232 e. The second-order valence-electron chi connectivity index (χ2n) is 3.96. The van der Waals surface area contributed by atoms with Crippen LogP contribution in [0.25, 0.3) is 10.9 Å². The number of alkyl halides is 1. The predicted octanol–water partition coefficient (Wildman–Crippen LogP) is 3.26. The molecule has 0 fully saturated rings. The van der Waals surface area contributed by atoms with Gasteiger partial charge in [-0.15, -0.1) is 11.6 Å². The SMILES string of the molecule is O=S(=O)(CCCCl)Nc1ccc(Cl)c2ncccc12. The zero-order valence-corrected chi connectivity index (χ0v) is 12.3. The van der Waals surface area contributed by atoms with Crippen molar-refractivity contribution in [2.24, 2.45) is 0 Å². The van der Waals surface area contributed by atoms with Gasteiger partial charge in [-0.1, -0.05) is 11.6 Å². The van der Waals surface area contributed by atoms with Gasteiger partial charge in [-0.3, -0.25) is 9.71 Å². The van der Waals surface area contributed by atoms with Gasteiger partial charge < -0.3 is 0 Å². The van der Waals surface area contributed by atoms with Crippen molar-refractivity contribution in [2.75, 3.05) is 16.4 Å². The summed E-state index contributed by atoms with van der Waals surface area (Å²) in [6, 6.07) is 6.75. The lowest BCUT2D eigenvalue weighted by molar-refractivity contribution is 0.600. The molecule has 0 unspecified atom stereocenters. The molecule has 102 valence electrons. The first-order chi connectivity index (χ1) is 9.03. The fourth-order valence-electron chi connectivity index (χ4n) is 1.69. The van der Waals surface area contributed by atoms with Crippen molar-refractivity contribution in [1.29, 1.82) is 0 Å². The molecule has 0 atom stereocenters. The van der Waals surface area contributed by atoms with Crippen LogP contribution >= 0.6 is 23.2 Å². The van der Waals surface area contributed by atoms with Crippen LogP contribution < -0.4 is 4.72 Å². The lowest BCUT2D eigenvalue weighted by Gasteiger charge is -2.10. The second kappa shape index (κ2) is 5.94. The highest BCUT2D eigenvalue weighted by Gasteiger charge is 2.13. The molecule has 0 saturated carbocycles. The Labute approximate surface area is 121 Å². The molecule has 1 N–H and O–H groups in total. The number of aromatic nitrogens is 1. The zero-order chi connectivity index (χ0) is 13.9. The number of benzene rings is 1. The second-order valence-corrected chi connectivity index (χ2v) is 6.59. The summed E-state index contributed by atoms with van der Waals surface area (Å²) in [6.45, 7) is 0. The summed E-state index contributed by atoms with van der Waals surface area (Å²) >= 11 is 11.5. The van der Waals surface area contributed by atoms with E-state index in [1.54, 1.807) is 30.5 Å². The molecular formula is C12H12Cl2N2O2S. The minimum absolute atomic E-state index is 0.0130. The monoisotopic (exact) mass is 318 g/mol. The van der Waals surface area contributed by atoms with Crippen LogP contribution in [-0.2, 0) is 10.0 Å². The third-order valence-corrected chi connectivity index (χ3v) is 4.46. The molecular weight excluding hydrogens is 307 g/mol. The number of nitrogens with zero attached hydrogens (tertiary/aromatic N) is 1. The first-order valence-corrected chi connectivity index (χ1v) is 8.19. The predicted molar refractivity (Wildman–Crippen MR) is 79.5 cm³/mol. The van der Waals surface area contributed by atoms with E-state index in [1.165, 1.54) is 0 Å². The van der Waals surface area contributed by atoms with Crippen molar-refractivity contribution < 1.29 is 8.42 Å². The minimum Gasteiger partial charge on any atom is -0.283 e. The normalized spacial score (nSPS) is 11.7. The standard InChI is InChI=1S/C12H12Cl2N2O2S/c13-6-2-8-19(17,18)16-11-5-4-10(14)12-9(11)3-1-7-15-12/h1,3-5,7,16H,2,6,8H2. The highest BCUT2D eigenvalue weighted by Crippen LogP contribution is 2.28. The number of nitrogens with one attached hydrogen (secondary N) is 1. The molecule has 2 rings (SSSR count). The molecule has 4 nitrogen and oxygen atoms in total. The van der Waals surface area contributed by atoms with E-state index in [-0.39, 0.29) is 5.75 Å². The van der Waals surface area contributed by atoms with E-state index in [0.29, 0.717) is 33.9 Å². The molecule has 7 heteroatoms. The van der Waals surface area contributed by atoms with Gasteiger partial charge in [-0.2, -0.15) is 0 Å². The van der Waals surface area contributed by atoms with Crippen LogP contribution in [0.3, 0.4) is 0 Å². The van der Waals surface area contributed by atoms with Crippen LogP contribution in [0.15, 0.2) is 30.5 Å². The summed E-state index contributed by atoms with van der Waals surface area (Å²) in [4.78, 5) is 4.15. The number of anilines is 1. The Bertz CT molecular complexity index is 689. The van der Waals surface area contributed by atoms with Gasteiger partial charge >= 0.3 is 0 Å². The molecule has 0 aliphatic carbocycles. The molecule has 1 aromatic carbocycles. The molecule has 0 aliphatic heterocycles. The third kappa shape index (κ3) is 3.49. The number of fused-ring (bicyclic) bond motifs is 1. The van der Waals surface area contributed by atoms with Crippen LogP contribution in [0.4, 0.5) is 5.69 Å². The molecule has 0 spiro atoms. The van der Waals surface area contributed by atoms with Crippen molar-refractivity contribution in [3.8, 4) is 0 Å². The van der Waals surface area contributed by atoms with Crippen LogP contribution in [-0.4, -0.2) is 25.0 Å². The molecule has 2 aromatic rings. The summed E-state index contributed by atoms with van der Waals surface area (Å²) in [5.41, 5.74) is 1.05. The summed E-state index contributed by atoms with van der Waals surface area (Å²) in [7, 11) is -3.41. The molecule has 1 heterocycles. The van der Waals surface area contributed by atoms with E-state index < -0.39 is 10.0 Å². The summed E-state index contributed by atoms with van der Waals surface area (Å²) in [5.74, 6) is 0.296. The van der Waals surface area contributed by atoms with Gasteiger partial charge in [0.15, 0.2) is 0 Å². The number of sulfonamides is 1. The first-order valence-electron chi connectivity index (χ1n) is 5.63. The number of halogens is 2. The first kappa shape index (κ1) is 14.4. The van der Waals surface area contributed by atoms with Crippen LogP contribution in [0.2, 0.25) is 5.02 Å². The van der Waals surface area contributed by atoms with Crippen LogP contribution in [0.5, 0.6) is 0 Å². The number of hydrogen-bond acceptors (Lipinski definition) is 3. The quantitative estimate of drug-likeness (QED) is 0.861. The average molecular weight is 319 g/mol. The maximum atomic E-state index is 11.9. The molecule has 19 heavy (non-hydrogen) atoms. The summed E-state index contributed by atoms with van der Waals surface area (Å²) in [6.07, 6.45) is 2.01. The molecule has 0 amide bonds. The molecule has 0 bridgehead atoms. The van der Waals surface area contributed by atoms with E-state index in [2.05, 4.69) is 9.71 Å². The topological polar surface area (TPSA) is 59.1 Å². The number of pyridine rings is 1. The Morgan fingerprint density at radius 3 is 2.79 bits per heavy atom. The van der Waals surface area contributed by atoms with Crippen molar-refractivity contribution in [2.45, 2.75) is 6.42 Å². The summed E-state index contributed by atoms with van der Waals surface area (Å²) < 4.78 is 26.3. The van der Waals surface area contributed by atoms with E-state index in [9.17, 15) is 8.42 Å². The lowest BCUT2D eigenvalue weighted by atomic mass is 10.2. The Morgan fingerprint density at radius 2 is 2.05 bits per heavy atom. The largest absolute Gasteiger partial charge is 0.283 e. The van der Waals surface area contributed by atoms with Gasteiger partial charge in [-0.25, -0.2) is 8.42 Å². The van der Waals surface area contributed by atoms with Gasteiger partial charge in [-0.05, 0) is 30.7 Å². The Kier molecular flexibility index (Phi) is 4.50. The molecule has 0 aliphatic rings. The van der Waals surface area contributed by atoms with E-state index in [0.717, 1.165) is 0 Å². The fraction of sp³-hybridized carbons (Fsp3) is 0.250. The van der Waals surface area contributed by atoms with Crippen molar-refractivity contribution >= 4 is 49.8 Å². The van der Waals surface area contributed by atoms with Gasteiger partial charge in [0, 0.05) is 17.5 Å². The van der Waals surface area contributed by atoms with Crippen molar-refractivity contribution in [3.63, 3.8) is 0 Å². The van der Waals surface area contributed by atoms with E-state index in [1.807, 2.05) is 0 Å². The number of rotatable bonds is 5. The highest BCUT2D eigenvalue weighted by atomic mass is 35.5. The van der Waals surface area contributed by atoms with Crippen molar-refractivity contribution in [3.05, 3.63) is 35.5 Å². The van der Waals surface area contributed by atoms with Gasteiger partial charge in [0.1, 0.15) is 0 Å². The van der Waals surface area contributed by atoms with Gasteiger partial charge in [0.25, 0.3) is 0 Å². The summed E-state index contributed by atoms with van der Waals surface area (Å²) in [5, 5.41) is 1.16. The van der Waals surface area contributed by atoms with Crippen molar-refractivity contribution in [1.82, 2.24) is 4.98 Å². The lowest BCUT2D eigenvalue weighted by Crippen LogP contribution is -2.17. The third-order valence-electron chi connectivity index (χ3n) is 2.53. The smallest absolute Gasteiger partial charge is 0.232 e.